The van der Waals surface area contributed by atoms with Crippen LogP contribution in [0, 0.1) is 0 Å². The van der Waals surface area contributed by atoms with Crippen LogP contribution in [0.3, 0.4) is 0 Å². The maximum atomic E-state index is 13.3. The van der Waals surface area contributed by atoms with Crippen LogP contribution in [-0.4, -0.2) is 40.8 Å². The van der Waals surface area contributed by atoms with Crippen LogP contribution in [-0.2, 0) is 9.53 Å². The first-order valence-electron chi connectivity index (χ1n) is 5.79. The number of ether oxygens (including phenoxy) is 1. The number of hydrogen-bond acceptors (Lipinski definition) is 3. The van der Waals surface area contributed by atoms with E-state index in [2.05, 4.69) is 0 Å². The first-order chi connectivity index (χ1) is 8.20. The largest absolute Gasteiger partial charge is 0.476 e. The molecule has 0 aliphatic carbocycles. The predicted octanol–water partition coefficient (Wildman–Crippen LogP) is 2.33. The van der Waals surface area contributed by atoms with Crippen LogP contribution in [0.5, 0.6) is 0 Å². The smallest absolute Gasteiger partial charge is 0.410 e. The number of nitrogens with zero attached hydrogens (tertiary/aromatic N) is 1. The molecule has 0 aromatic rings. The van der Waals surface area contributed by atoms with Gasteiger partial charge in [-0.1, -0.05) is 0 Å². The Hall–Kier alpha value is -1.59. The number of piperidine rings is 1. The molecule has 1 amide bonds. The van der Waals surface area contributed by atoms with Crippen molar-refractivity contribution in [3.63, 3.8) is 0 Å². The van der Waals surface area contributed by atoms with E-state index in [0.29, 0.717) is 19.4 Å². The van der Waals surface area contributed by atoms with Gasteiger partial charge in [-0.15, -0.1) is 0 Å². The molecule has 0 spiro atoms. The van der Waals surface area contributed by atoms with Gasteiger partial charge in [0.1, 0.15) is 5.60 Å². The Morgan fingerprint density at radius 1 is 1.39 bits per heavy atom. The zero-order valence-electron chi connectivity index (χ0n) is 10.8. The van der Waals surface area contributed by atoms with Crippen LogP contribution in [0.25, 0.3) is 0 Å². The van der Waals surface area contributed by atoms with Gasteiger partial charge in [-0.2, -0.15) is 4.39 Å². The molecule has 0 atom stereocenters. The van der Waals surface area contributed by atoms with Crippen LogP contribution in [0.4, 0.5) is 9.18 Å². The second kappa shape index (κ2) is 5.37. The molecule has 1 fully saturated rings. The van der Waals surface area contributed by atoms with Crippen LogP contribution in [0.1, 0.15) is 33.6 Å². The molecule has 0 saturated carbocycles. The van der Waals surface area contributed by atoms with Gasteiger partial charge in [0.05, 0.1) is 0 Å². The summed E-state index contributed by atoms with van der Waals surface area (Å²) in [6.45, 7) is 5.65. The molecule has 0 aromatic carbocycles. The maximum Gasteiger partial charge on any atom is 0.410 e. The Kier molecular flexibility index (Phi) is 4.32. The monoisotopic (exact) mass is 259 g/mol. The molecule has 0 bridgehead atoms. The predicted molar refractivity (Wildman–Crippen MR) is 62.8 cm³/mol. The number of amides is 1. The highest BCUT2D eigenvalue weighted by Crippen LogP contribution is 2.22. The summed E-state index contributed by atoms with van der Waals surface area (Å²) in [5, 5.41) is 8.58. The van der Waals surface area contributed by atoms with Crippen molar-refractivity contribution >= 4 is 12.1 Å². The van der Waals surface area contributed by atoms with Crippen LogP contribution < -0.4 is 0 Å². The lowest BCUT2D eigenvalue weighted by Crippen LogP contribution is -2.41. The Labute approximate surface area is 105 Å². The van der Waals surface area contributed by atoms with Gasteiger partial charge in [-0.25, -0.2) is 9.59 Å². The lowest BCUT2D eigenvalue weighted by atomic mass is 10.0. The zero-order valence-corrected chi connectivity index (χ0v) is 10.8. The minimum absolute atomic E-state index is 0.0208. The molecule has 1 saturated heterocycles. The van der Waals surface area contributed by atoms with E-state index in [9.17, 15) is 14.0 Å². The van der Waals surface area contributed by atoms with Crippen molar-refractivity contribution in [2.45, 2.75) is 39.2 Å². The van der Waals surface area contributed by atoms with Crippen molar-refractivity contribution in [1.29, 1.82) is 0 Å². The molecule has 102 valence electrons. The van der Waals surface area contributed by atoms with Gasteiger partial charge < -0.3 is 14.7 Å². The highest BCUT2D eigenvalue weighted by atomic mass is 19.1. The number of carboxylic acid groups (broad SMARTS) is 1. The number of hydrogen-bond donors (Lipinski definition) is 1. The molecule has 0 aromatic heterocycles. The molecule has 0 unspecified atom stereocenters. The fraction of sp³-hybridized carbons (Fsp3) is 0.667. The minimum atomic E-state index is -1.59. The summed E-state index contributed by atoms with van der Waals surface area (Å²) in [7, 11) is 0. The summed E-state index contributed by atoms with van der Waals surface area (Å²) >= 11 is 0. The van der Waals surface area contributed by atoms with Crippen molar-refractivity contribution in [2.24, 2.45) is 0 Å². The summed E-state index contributed by atoms with van der Waals surface area (Å²) in [6.07, 6.45) is 0.352. The average molecular weight is 259 g/mol. The first-order valence-corrected chi connectivity index (χ1v) is 5.79. The quantitative estimate of drug-likeness (QED) is 0.734. The van der Waals surface area contributed by atoms with E-state index in [-0.39, 0.29) is 12.1 Å². The third-order valence-corrected chi connectivity index (χ3v) is 2.44. The van der Waals surface area contributed by atoms with Crippen LogP contribution >= 0.6 is 0 Å². The molecule has 18 heavy (non-hydrogen) atoms. The Morgan fingerprint density at radius 3 is 2.50 bits per heavy atom. The van der Waals surface area contributed by atoms with E-state index in [1.807, 2.05) is 0 Å². The van der Waals surface area contributed by atoms with Gasteiger partial charge >= 0.3 is 12.1 Å². The SMILES string of the molecule is CC(C)(C)OC(=O)N1CCCC(=C(F)C(=O)O)C1. The van der Waals surface area contributed by atoms with Crippen molar-refractivity contribution < 1.29 is 23.8 Å². The third-order valence-electron chi connectivity index (χ3n) is 2.44. The fourth-order valence-electron chi connectivity index (χ4n) is 1.68. The van der Waals surface area contributed by atoms with E-state index in [4.69, 9.17) is 9.84 Å². The Bertz CT molecular complexity index is 384. The molecule has 5 nitrogen and oxygen atoms in total. The van der Waals surface area contributed by atoms with Gasteiger partial charge in [0.15, 0.2) is 0 Å². The molecule has 1 N–H and O–H groups in total. The highest BCUT2D eigenvalue weighted by Gasteiger charge is 2.27. The van der Waals surface area contributed by atoms with E-state index < -0.39 is 23.5 Å². The second-order valence-corrected chi connectivity index (χ2v) is 5.23. The summed E-state index contributed by atoms with van der Waals surface area (Å²) in [5.74, 6) is -2.75. The topological polar surface area (TPSA) is 66.8 Å². The number of rotatable bonds is 1. The van der Waals surface area contributed by atoms with Crippen molar-refractivity contribution in [3.8, 4) is 0 Å². The van der Waals surface area contributed by atoms with Gasteiger partial charge in [-0.05, 0) is 39.2 Å². The molecule has 1 heterocycles. The summed E-state index contributed by atoms with van der Waals surface area (Å²) in [4.78, 5) is 23.6. The molecule has 1 aliphatic heterocycles. The number of carboxylic acids is 1. The summed E-state index contributed by atoms with van der Waals surface area (Å²) < 4.78 is 18.4. The minimum Gasteiger partial charge on any atom is -0.476 e. The molecular formula is C12H18FNO4. The average Bonchev–Trinajstić information content (AvgIpc) is 2.25. The zero-order chi connectivity index (χ0) is 13.9. The lowest BCUT2D eigenvalue weighted by molar-refractivity contribution is -0.134. The number of carbonyl (C=O) groups is 2. The van der Waals surface area contributed by atoms with Crippen molar-refractivity contribution in [3.05, 3.63) is 11.4 Å². The normalized spacial score (nSPS) is 19.4. The fourth-order valence-corrected chi connectivity index (χ4v) is 1.68. The van der Waals surface area contributed by atoms with Gasteiger partial charge in [-0.3, -0.25) is 0 Å². The third kappa shape index (κ3) is 4.01. The molecule has 6 heteroatoms. The summed E-state index contributed by atoms with van der Waals surface area (Å²) in [5.41, 5.74) is -0.483. The second-order valence-electron chi connectivity index (χ2n) is 5.23. The summed E-state index contributed by atoms with van der Waals surface area (Å²) in [6, 6.07) is 0. The van der Waals surface area contributed by atoms with E-state index in [0.717, 1.165) is 0 Å². The van der Waals surface area contributed by atoms with Crippen LogP contribution in [0.15, 0.2) is 11.4 Å². The molecular weight excluding hydrogens is 241 g/mol. The number of halogens is 1. The van der Waals surface area contributed by atoms with Crippen molar-refractivity contribution in [1.82, 2.24) is 4.90 Å². The number of carbonyl (C=O) groups excluding carboxylic acids is 1. The van der Waals surface area contributed by atoms with Gasteiger partial charge in [0.2, 0.25) is 5.83 Å². The molecule has 1 rings (SSSR count). The highest BCUT2D eigenvalue weighted by molar-refractivity contribution is 5.85. The number of aliphatic carboxylic acids is 1. The van der Waals surface area contributed by atoms with Gasteiger partial charge in [0, 0.05) is 13.1 Å². The van der Waals surface area contributed by atoms with E-state index in [1.54, 1.807) is 20.8 Å². The van der Waals surface area contributed by atoms with Crippen molar-refractivity contribution in [2.75, 3.05) is 13.1 Å². The molecule has 0 radical (unpaired) electrons. The van der Waals surface area contributed by atoms with Crippen LogP contribution in [0.2, 0.25) is 0 Å². The Balaban J connectivity index is 2.73. The lowest BCUT2D eigenvalue weighted by Gasteiger charge is -2.31. The molecule has 1 aliphatic rings. The number of likely N-dealkylation sites (tertiary alicyclic amines) is 1. The maximum absolute atomic E-state index is 13.3. The van der Waals surface area contributed by atoms with E-state index in [1.165, 1.54) is 4.90 Å². The van der Waals surface area contributed by atoms with Gasteiger partial charge in [0.25, 0.3) is 0 Å². The Morgan fingerprint density at radius 2 is 2.00 bits per heavy atom. The first kappa shape index (κ1) is 14.5. The standard InChI is InChI=1S/C12H18FNO4/c1-12(2,3)18-11(17)14-6-4-5-8(7-14)9(13)10(15)16/h4-7H2,1-3H3,(H,15,16). The van der Waals surface area contributed by atoms with E-state index >= 15 is 0 Å².